The van der Waals surface area contributed by atoms with Crippen molar-refractivity contribution in [1.82, 2.24) is 4.98 Å². The summed E-state index contributed by atoms with van der Waals surface area (Å²) in [5.41, 5.74) is -2.03. The van der Waals surface area contributed by atoms with E-state index >= 15 is 0 Å². The summed E-state index contributed by atoms with van der Waals surface area (Å²) in [5, 5.41) is 9.04. The fourth-order valence-corrected chi connectivity index (χ4v) is 5.21. The van der Waals surface area contributed by atoms with Gasteiger partial charge in [0.1, 0.15) is 11.6 Å². The Kier molecular flexibility index (Phi) is 6.68. The van der Waals surface area contributed by atoms with E-state index in [4.69, 9.17) is 5.26 Å². The number of alkyl halides is 3. The van der Waals surface area contributed by atoms with Gasteiger partial charge >= 0.3 is 12.1 Å². The number of aromatic nitrogens is 1. The summed E-state index contributed by atoms with van der Waals surface area (Å²) in [6.45, 7) is 0. The first-order valence-electron chi connectivity index (χ1n) is 11.1. The molecule has 0 N–H and O–H groups in total. The maximum Gasteiger partial charge on any atom is 0.419 e. The summed E-state index contributed by atoms with van der Waals surface area (Å²) in [5.74, 6) is -0.612. The zero-order valence-electron chi connectivity index (χ0n) is 18.9. The van der Waals surface area contributed by atoms with E-state index in [1.54, 1.807) is 0 Å². The summed E-state index contributed by atoms with van der Waals surface area (Å²) >= 11 is 4.64. The summed E-state index contributed by atoms with van der Waals surface area (Å²) < 4.78 is 45.2. The number of aryl methyl sites for hydroxylation is 1. The Morgan fingerprint density at radius 3 is 2.51 bits per heavy atom. The van der Waals surface area contributed by atoms with Crippen LogP contribution in [0.1, 0.15) is 48.9 Å². The fourth-order valence-electron chi connectivity index (χ4n) is 4.62. The van der Waals surface area contributed by atoms with Crippen LogP contribution in [0.5, 0.6) is 0 Å². The van der Waals surface area contributed by atoms with Crippen molar-refractivity contribution in [3.05, 3.63) is 53.3 Å². The Labute approximate surface area is 205 Å². The van der Waals surface area contributed by atoms with Gasteiger partial charge in [0.05, 0.1) is 24.6 Å². The molecule has 0 radical (unpaired) electrons. The van der Waals surface area contributed by atoms with Crippen LogP contribution in [0.3, 0.4) is 0 Å². The first-order valence-corrected chi connectivity index (χ1v) is 11.6. The number of anilines is 2. The molecule has 1 aliphatic heterocycles. The minimum absolute atomic E-state index is 0.0606. The highest BCUT2D eigenvalue weighted by atomic mass is 32.1. The van der Waals surface area contributed by atoms with Crippen molar-refractivity contribution in [2.45, 2.75) is 55.7 Å². The minimum atomic E-state index is -4.79. The lowest BCUT2D eigenvalue weighted by Crippen LogP contribution is -2.55. The molecule has 2 aromatic rings. The molecule has 1 amide bonds. The molecule has 1 atom stereocenters. The number of esters is 1. The molecule has 35 heavy (non-hydrogen) atoms. The van der Waals surface area contributed by atoms with Crippen molar-refractivity contribution in [2.24, 2.45) is 0 Å². The van der Waals surface area contributed by atoms with Crippen molar-refractivity contribution in [3.8, 4) is 6.07 Å². The predicted molar refractivity (Wildman–Crippen MR) is 125 cm³/mol. The Morgan fingerprint density at radius 1 is 1.29 bits per heavy atom. The second kappa shape index (κ2) is 9.41. The third-order valence-electron chi connectivity index (χ3n) is 6.57. The second-order valence-electron chi connectivity index (χ2n) is 8.57. The molecule has 11 heteroatoms. The van der Waals surface area contributed by atoms with Gasteiger partial charge in [-0.25, -0.2) is 4.98 Å². The number of pyridine rings is 1. The van der Waals surface area contributed by atoms with Gasteiger partial charge in [0.2, 0.25) is 0 Å². The van der Waals surface area contributed by atoms with E-state index in [1.807, 2.05) is 29.2 Å². The minimum Gasteiger partial charge on any atom is -0.469 e. The molecule has 0 bridgehead atoms. The number of nitriles is 1. The molecular formula is C24H23F3N4O3S. The highest BCUT2D eigenvalue weighted by Gasteiger charge is 2.60. The van der Waals surface area contributed by atoms with E-state index in [1.165, 1.54) is 18.1 Å². The van der Waals surface area contributed by atoms with Gasteiger partial charge in [-0.15, -0.1) is 12.6 Å². The molecule has 2 heterocycles. The number of hydrogen-bond donors (Lipinski definition) is 1. The lowest BCUT2D eigenvalue weighted by atomic mass is 9.75. The highest BCUT2D eigenvalue weighted by molar-refractivity contribution is 7.81. The van der Waals surface area contributed by atoms with Gasteiger partial charge in [-0.05, 0) is 55.9 Å². The van der Waals surface area contributed by atoms with E-state index in [2.05, 4.69) is 22.3 Å². The van der Waals surface area contributed by atoms with Crippen molar-refractivity contribution in [3.63, 3.8) is 0 Å². The summed E-state index contributed by atoms with van der Waals surface area (Å²) in [6.07, 6.45) is -0.154. The third-order valence-corrected chi connectivity index (χ3v) is 7.03. The molecule has 1 saturated carbocycles. The molecule has 2 fully saturated rings. The van der Waals surface area contributed by atoms with Crippen LogP contribution in [0.15, 0.2) is 36.5 Å². The molecule has 1 aromatic heterocycles. The second-order valence-corrected chi connectivity index (χ2v) is 9.03. The van der Waals surface area contributed by atoms with Gasteiger partial charge in [-0.1, -0.05) is 12.1 Å². The zero-order chi connectivity index (χ0) is 25.4. The number of nitrogens with zero attached hydrogens (tertiary/aromatic N) is 4. The van der Waals surface area contributed by atoms with Crippen LogP contribution in [-0.2, 0) is 26.9 Å². The van der Waals surface area contributed by atoms with Crippen LogP contribution in [0.25, 0.3) is 0 Å². The number of halogens is 3. The molecule has 1 aliphatic carbocycles. The van der Waals surface area contributed by atoms with E-state index in [9.17, 15) is 22.8 Å². The first kappa shape index (κ1) is 24.9. The van der Waals surface area contributed by atoms with Crippen molar-refractivity contribution >= 4 is 35.9 Å². The van der Waals surface area contributed by atoms with Gasteiger partial charge in [-0.3, -0.25) is 14.5 Å². The van der Waals surface area contributed by atoms with Gasteiger partial charge in [-0.2, -0.15) is 18.4 Å². The molecule has 1 unspecified atom stereocenters. The largest absolute Gasteiger partial charge is 0.469 e. The van der Waals surface area contributed by atoms with Gasteiger partial charge < -0.3 is 9.64 Å². The summed E-state index contributed by atoms with van der Waals surface area (Å²) in [6, 6.07) is 9.75. The van der Waals surface area contributed by atoms with Crippen LogP contribution in [0, 0.1) is 11.3 Å². The molecule has 4 rings (SSSR count). The Hall–Kier alpha value is -3.26. The number of carbonyl (C=O) groups excluding carboxylic acids is 2. The fraction of sp³-hybridized carbons (Fsp3) is 0.417. The third kappa shape index (κ3) is 4.43. The van der Waals surface area contributed by atoms with Crippen LogP contribution in [0.4, 0.5) is 24.5 Å². The normalized spacial score (nSPS) is 19.0. The molecule has 2 aliphatic rings. The average molecular weight is 505 g/mol. The molecular weight excluding hydrogens is 481 g/mol. The maximum absolute atomic E-state index is 13.5. The quantitative estimate of drug-likeness (QED) is 0.462. The standard InChI is InChI=1S/C24H23F3N4O3S/c1-34-20(32)5-2-4-15-6-8-16(9-7-15)31-22(35)30(21(33)23(31)10-3-11-23)17-12-18(24(25,26)27)19(13-28)29-14-17/h6-9,12,14,22,35H,2-5,10-11H2,1H3. The monoisotopic (exact) mass is 504 g/mol. The topological polar surface area (TPSA) is 86.5 Å². The van der Waals surface area contributed by atoms with E-state index in [-0.39, 0.29) is 17.6 Å². The molecule has 184 valence electrons. The lowest BCUT2D eigenvalue weighted by Gasteiger charge is -2.44. The van der Waals surface area contributed by atoms with Gasteiger partial charge in [0.15, 0.2) is 11.2 Å². The van der Waals surface area contributed by atoms with Crippen molar-refractivity contribution < 1.29 is 27.5 Å². The highest BCUT2D eigenvalue weighted by Crippen LogP contribution is 2.50. The number of hydrogen-bond acceptors (Lipinski definition) is 7. The smallest absolute Gasteiger partial charge is 0.419 e. The molecule has 1 spiro atoms. The number of amides is 1. The summed E-state index contributed by atoms with van der Waals surface area (Å²) in [4.78, 5) is 31.6. The molecule has 1 saturated heterocycles. The maximum atomic E-state index is 13.5. The predicted octanol–water partition coefficient (Wildman–Crippen LogP) is 4.46. The SMILES string of the molecule is COC(=O)CCCc1ccc(N2C(S)N(c3cnc(C#N)c(C(F)(F)F)c3)C(=O)C23CCC3)cc1. The van der Waals surface area contributed by atoms with Crippen molar-refractivity contribution in [1.29, 1.82) is 5.26 Å². The number of rotatable bonds is 6. The Bertz CT molecular complexity index is 1180. The number of methoxy groups -OCH3 is 1. The number of carbonyl (C=O) groups is 2. The number of thiol groups is 1. The number of ether oxygens (including phenoxy) is 1. The van der Waals surface area contributed by atoms with Gasteiger partial charge in [0.25, 0.3) is 5.91 Å². The van der Waals surface area contributed by atoms with E-state index in [0.717, 1.165) is 29.9 Å². The van der Waals surface area contributed by atoms with E-state index in [0.29, 0.717) is 32.1 Å². The summed E-state index contributed by atoms with van der Waals surface area (Å²) in [7, 11) is 1.35. The molecule has 7 nitrogen and oxygen atoms in total. The average Bonchev–Trinajstić information content (AvgIpc) is 3.05. The van der Waals surface area contributed by atoms with E-state index < -0.39 is 28.5 Å². The first-order chi connectivity index (χ1) is 16.6. The Balaban J connectivity index is 1.63. The lowest BCUT2D eigenvalue weighted by molar-refractivity contribution is -0.140. The Morgan fingerprint density at radius 2 is 1.97 bits per heavy atom. The number of benzene rings is 1. The zero-order valence-corrected chi connectivity index (χ0v) is 19.8. The van der Waals surface area contributed by atoms with Crippen molar-refractivity contribution in [2.75, 3.05) is 16.9 Å². The molecule has 1 aromatic carbocycles. The van der Waals surface area contributed by atoms with Crippen LogP contribution in [0.2, 0.25) is 0 Å². The van der Waals surface area contributed by atoms with Crippen LogP contribution >= 0.6 is 12.6 Å². The van der Waals surface area contributed by atoms with Gasteiger partial charge in [0, 0.05) is 12.1 Å². The van der Waals surface area contributed by atoms with Crippen LogP contribution in [-0.4, -0.2) is 35.0 Å². The van der Waals surface area contributed by atoms with Crippen LogP contribution < -0.4 is 9.80 Å².